The lowest BCUT2D eigenvalue weighted by Crippen LogP contribution is -2.33. The molecule has 0 bridgehead atoms. The molecule has 15 rings (SSSR count). The third kappa shape index (κ3) is 11.3. The molecular weight excluding hydrogens is 1150 g/mol. The molecule has 2 aromatic carbocycles. The number of halogens is 2. The fourth-order valence-electron chi connectivity index (χ4n) is 14.4. The first-order valence-corrected chi connectivity index (χ1v) is 31.8. The maximum atomic E-state index is 16.2. The predicted molar refractivity (Wildman–Crippen MR) is 340 cm³/mol. The Balaban J connectivity index is 0.700. The highest BCUT2D eigenvalue weighted by atomic mass is 19.1. The number of fused-ring (bicyclic) bond motifs is 2. The first kappa shape index (κ1) is 58.0. The van der Waals surface area contributed by atoms with Gasteiger partial charge in [-0.1, -0.05) is 18.2 Å². The first-order chi connectivity index (χ1) is 44.1. The number of nitrogens with zero attached hydrogens (tertiary/aromatic N) is 16. The Labute approximate surface area is 526 Å². The van der Waals surface area contributed by atoms with Gasteiger partial charge in [-0.15, -0.1) is 20.4 Å². The number of nitriles is 1. The molecule has 6 aromatic heterocycles. The number of aryl methyl sites for hydroxylation is 3. The Bertz CT molecular complexity index is 4370. The van der Waals surface area contributed by atoms with Gasteiger partial charge in [0.25, 0.3) is 17.9 Å². The van der Waals surface area contributed by atoms with Crippen LogP contribution in [0.4, 0.5) is 32.1 Å². The molecule has 8 aromatic rings. The number of hydrogen-bond acceptors (Lipinski definition) is 15. The van der Waals surface area contributed by atoms with Crippen LogP contribution in [0.3, 0.4) is 0 Å². The Morgan fingerprint density at radius 3 is 1.76 bits per heavy atom. The molecule has 1 atom stereocenters. The normalized spacial score (nSPS) is 19.2. The fraction of sp³-hybridized carbons (Fsp3) is 0.420. The number of carbonyl (C=O) groups excluding carboxylic acids is 2. The minimum atomic E-state index is -0.460. The van der Waals surface area contributed by atoms with E-state index in [9.17, 15) is 14.9 Å². The summed E-state index contributed by atoms with van der Waals surface area (Å²) in [6.07, 6.45) is 17.9. The summed E-state index contributed by atoms with van der Waals surface area (Å²) in [5, 5.41) is 34.6. The van der Waals surface area contributed by atoms with E-state index in [1.807, 2.05) is 78.6 Å². The summed E-state index contributed by atoms with van der Waals surface area (Å²) in [6, 6.07) is 24.1. The van der Waals surface area contributed by atoms with Crippen molar-refractivity contribution in [1.82, 2.24) is 59.3 Å². The summed E-state index contributed by atoms with van der Waals surface area (Å²) in [5.74, 6) is 1.99. The van der Waals surface area contributed by atoms with E-state index in [1.165, 1.54) is 25.7 Å². The highest BCUT2D eigenvalue weighted by molar-refractivity contribution is 6.11. The van der Waals surface area contributed by atoms with Gasteiger partial charge in [-0.2, -0.15) is 5.26 Å². The molecule has 22 heteroatoms. The van der Waals surface area contributed by atoms with E-state index < -0.39 is 22.7 Å². The highest BCUT2D eigenvalue weighted by Crippen LogP contribution is 2.49. The molecule has 91 heavy (non-hydrogen) atoms. The molecule has 2 saturated heterocycles. The standard InChI is InChI=1S/C69H71F2N18O2/c1-42-7-5-19-85(33-42)34-45-23-51-55(57(70)25-45)36-88(65(51)90)61-29-47(49-21-43(2)74-31-53(49)63-82-76-40-84(63)4)27-60(79-61)81-69(12-13-69)15-18-73-39-87-41-77-83-64(87)54-32-75-44(3)22-50(54)48-28-59(80-68(10-11-68)14-17-72)78-62(30-48)89-37-56-52(66(89)91)24-46(26-58(56)71)35-86-20-16-67(38-86)8-6-9-67/h21-32,40-42H,5-16,19-20,33-39H2,1-4H3,(H,78,80)(H,79,81)/q+1/t42-/m0/s1. The summed E-state index contributed by atoms with van der Waals surface area (Å²) in [5.41, 5.74) is 8.41. The van der Waals surface area contributed by atoms with Crippen LogP contribution >= 0.6 is 0 Å². The average molecular weight is 1220 g/mol. The van der Waals surface area contributed by atoms with Gasteiger partial charge in [0.2, 0.25) is 0 Å². The lowest BCUT2D eigenvalue weighted by atomic mass is 9.68. The number of amides is 2. The van der Waals surface area contributed by atoms with Crippen molar-refractivity contribution in [2.45, 2.75) is 142 Å². The van der Waals surface area contributed by atoms with Crippen LogP contribution < -0.4 is 20.4 Å². The minimum Gasteiger partial charge on any atom is -0.364 e. The largest absolute Gasteiger partial charge is 0.364 e. The molecular formula is C69H71F2N18O2+. The van der Waals surface area contributed by atoms with Gasteiger partial charge in [-0.3, -0.25) is 39.2 Å². The van der Waals surface area contributed by atoms with Crippen molar-refractivity contribution in [1.29, 1.82) is 5.26 Å². The van der Waals surface area contributed by atoms with Gasteiger partial charge in [0.1, 0.15) is 54.0 Å². The molecule has 1 spiro atoms. The van der Waals surface area contributed by atoms with Crippen molar-refractivity contribution < 1.29 is 18.4 Å². The average Bonchev–Trinajstić information content (AvgIpc) is 1.69. The molecule has 2 amide bonds. The van der Waals surface area contributed by atoms with E-state index in [0.717, 1.165) is 109 Å². The topological polar surface area (TPSA) is 212 Å². The summed E-state index contributed by atoms with van der Waals surface area (Å²) in [6.45, 7) is 11.3. The van der Waals surface area contributed by atoms with Crippen molar-refractivity contribution >= 4 is 35.1 Å². The molecule has 7 aliphatic rings. The monoisotopic (exact) mass is 1220 g/mol. The Morgan fingerprint density at radius 2 is 1.22 bits per heavy atom. The number of hydrogen-bond donors (Lipinski definition) is 2. The van der Waals surface area contributed by atoms with Crippen molar-refractivity contribution in [3.63, 3.8) is 0 Å². The summed E-state index contributed by atoms with van der Waals surface area (Å²) < 4.78 is 36.0. The van der Waals surface area contributed by atoms with Crippen LogP contribution in [0.2, 0.25) is 0 Å². The molecule has 3 aliphatic carbocycles. The third-order valence-corrected chi connectivity index (χ3v) is 19.9. The number of piperidine rings is 1. The van der Waals surface area contributed by atoms with Crippen LogP contribution in [-0.2, 0) is 39.9 Å². The summed E-state index contributed by atoms with van der Waals surface area (Å²) in [7, 11) is 1.88. The van der Waals surface area contributed by atoms with E-state index in [2.05, 4.69) is 64.9 Å². The van der Waals surface area contributed by atoms with Crippen LogP contribution in [0.25, 0.3) is 49.9 Å². The van der Waals surface area contributed by atoms with Gasteiger partial charge >= 0.3 is 6.67 Å². The van der Waals surface area contributed by atoms with E-state index in [4.69, 9.17) is 19.8 Å². The van der Waals surface area contributed by atoms with Crippen LogP contribution in [0.5, 0.6) is 0 Å². The molecule has 4 aliphatic heterocycles. The quantitative estimate of drug-likeness (QED) is 0.0868. The smallest absolute Gasteiger partial charge is 0.344 e. The van der Waals surface area contributed by atoms with Gasteiger partial charge in [0, 0.05) is 90.4 Å². The van der Waals surface area contributed by atoms with Crippen LogP contribution in [0.15, 0.2) is 85.7 Å². The van der Waals surface area contributed by atoms with Crippen LogP contribution in [0, 0.1) is 54.2 Å². The Kier molecular flexibility index (Phi) is 14.6. The minimum absolute atomic E-state index is 0.0194. The van der Waals surface area contributed by atoms with Gasteiger partial charge < -0.3 is 15.2 Å². The maximum absolute atomic E-state index is 16.2. The van der Waals surface area contributed by atoms with Crippen LogP contribution in [0.1, 0.15) is 138 Å². The summed E-state index contributed by atoms with van der Waals surface area (Å²) in [4.78, 5) is 61.3. The van der Waals surface area contributed by atoms with Gasteiger partial charge in [-0.25, -0.2) is 23.3 Å². The van der Waals surface area contributed by atoms with Gasteiger partial charge in [0.15, 0.2) is 11.6 Å². The molecule has 5 fully saturated rings. The van der Waals surface area contributed by atoms with E-state index in [-0.39, 0.29) is 38.0 Å². The van der Waals surface area contributed by atoms with Crippen molar-refractivity contribution in [3.8, 4) is 57.2 Å². The van der Waals surface area contributed by atoms with Crippen LogP contribution in [-0.4, -0.2) is 108 Å². The number of rotatable bonds is 17. The number of anilines is 4. The number of carbonyl (C=O) groups is 2. The molecule has 3 saturated carbocycles. The Morgan fingerprint density at radius 1 is 0.648 bits per heavy atom. The summed E-state index contributed by atoms with van der Waals surface area (Å²) >= 11 is 0. The number of aromatic nitrogens is 10. The second-order valence-corrected chi connectivity index (χ2v) is 26.9. The fourth-order valence-corrected chi connectivity index (χ4v) is 14.4. The maximum Gasteiger partial charge on any atom is 0.344 e. The number of nitrogens with one attached hydrogen (secondary N) is 2. The molecule has 10 heterocycles. The zero-order chi connectivity index (χ0) is 62.3. The number of benzene rings is 2. The van der Waals surface area contributed by atoms with E-state index >= 15 is 8.78 Å². The Hall–Kier alpha value is -9.38. The number of pyridine rings is 4. The van der Waals surface area contributed by atoms with E-state index in [1.54, 1.807) is 47.0 Å². The zero-order valence-electron chi connectivity index (χ0n) is 51.7. The van der Waals surface area contributed by atoms with Gasteiger partial charge in [0.05, 0.1) is 36.7 Å². The molecule has 0 radical (unpaired) electrons. The lowest BCUT2D eigenvalue weighted by molar-refractivity contribution is 0.0988. The number of likely N-dealkylation sites (tertiary alicyclic amines) is 2. The zero-order valence-corrected chi connectivity index (χ0v) is 51.7. The second kappa shape index (κ2) is 22.8. The second-order valence-electron chi connectivity index (χ2n) is 26.9. The van der Waals surface area contributed by atoms with E-state index in [0.29, 0.717) is 99.1 Å². The molecule has 0 unspecified atom stereocenters. The molecule has 20 nitrogen and oxygen atoms in total. The highest BCUT2D eigenvalue weighted by Gasteiger charge is 2.46. The first-order valence-electron chi connectivity index (χ1n) is 31.8. The molecule has 462 valence electrons. The SMILES string of the molecule is Cc1cc(-c2cc(NC3(CC#[N+]Cn4cnnc4-c4cnc(C)cc4-c4cc(NC5(CC#N)CC5)nc(N5Cc6c(F)cc(CN7CCC8(CCC8)C7)cc6C5=O)c4)CC3)nc(N3Cc4c(F)cc(CN5CCC[C@H](C)C5)cc4C3=O)c2)c(-c2nncn2C)cn1. The predicted octanol–water partition coefficient (Wildman–Crippen LogP) is 11.7. The van der Waals surface area contributed by atoms with Crippen molar-refractivity contribution in [3.05, 3.63) is 147 Å². The van der Waals surface area contributed by atoms with Crippen molar-refractivity contribution in [2.75, 3.05) is 46.6 Å². The van der Waals surface area contributed by atoms with Crippen molar-refractivity contribution in [2.24, 2.45) is 18.4 Å². The third-order valence-electron chi connectivity index (χ3n) is 19.9. The van der Waals surface area contributed by atoms with Gasteiger partial charge in [-0.05, 0) is 190 Å². The molecule has 2 N–H and O–H groups in total. The lowest BCUT2D eigenvalue weighted by Gasteiger charge is -2.38.